The van der Waals surface area contributed by atoms with Crippen LogP contribution in [0.1, 0.15) is 52.4 Å². The lowest BCUT2D eigenvalue weighted by Gasteiger charge is -2.38. The molecule has 0 radical (unpaired) electrons. The van der Waals surface area contributed by atoms with Gasteiger partial charge in [0.25, 0.3) is 0 Å². The molecule has 150 valence electrons. The minimum Gasteiger partial charge on any atom is -0.488 e. The first kappa shape index (κ1) is 19.2. The summed E-state index contributed by atoms with van der Waals surface area (Å²) in [4.78, 5) is 17.0. The molecule has 0 bridgehead atoms. The Labute approximate surface area is 166 Å². The van der Waals surface area contributed by atoms with Gasteiger partial charge in [0, 0.05) is 23.5 Å². The average molecular weight is 383 g/mol. The van der Waals surface area contributed by atoms with Gasteiger partial charge >= 0.3 is 0 Å². The number of benzene rings is 1. The lowest BCUT2D eigenvalue weighted by Crippen LogP contribution is -2.48. The van der Waals surface area contributed by atoms with Crippen molar-refractivity contribution in [1.29, 1.82) is 0 Å². The van der Waals surface area contributed by atoms with Gasteiger partial charge < -0.3 is 15.2 Å². The lowest BCUT2D eigenvalue weighted by molar-refractivity contribution is -0.131. The predicted octanol–water partition coefficient (Wildman–Crippen LogP) is 3.84. The zero-order valence-electron chi connectivity index (χ0n) is 16.7. The summed E-state index contributed by atoms with van der Waals surface area (Å²) in [5.74, 6) is 1.32. The maximum atomic E-state index is 12.6. The molecule has 5 heteroatoms. The van der Waals surface area contributed by atoms with E-state index in [1.54, 1.807) is 6.20 Å². The number of pyridine rings is 1. The topological polar surface area (TPSA) is 71.5 Å². The lowest BCUT2D eigenvalue weighted by atomic mass is 9.76. The van der Waals surface area contributed by atoms with Crippen molar-refractivity contribution < 1.29 is 14.6 Å². The van der Waals surface area contributed by atoms with E-state index in [-0.39, 0.29) is 24.0 Å². The number of ether oxygens (including phenoxy) is 1. The van der Waals surface area contributed by atoms with Crippen LogP contribution in [0.3, 0.4) is 0 Å². The number of para-hydroxylation sites is 1. The molecule has 4 rings (SSSR count). The fourth-order valence-corrected chi connectivity index (χ4v) is 4.49. The van der Waals surface area contributed by atoms with E-state index in [0.717, 1.165) is 55.2 Å². The largest absolute Gasteiger partial charge is 0.488 e. The van der Waals surface area contributed by atoms with Crippen molar-refractivity contribution in [3.63, 3.8) is 0 Å². The van der Waals surface area contributed by atoms with Gasteiger partial charge in [-0.05, 0) is 70.4 Å². The minimum atomic E-state index is -0.621. The summed E-state index contributed by atoms with van der Waals surface area (Å²) in [6.07, 6.45) is 7.22. The van der Waals surface area contributed by atoms with Crippen LogP contribution in [0, 0.1) is 11.8 Å². The normalized spacial score (nSPS) is 27.8. The van der Waals surface area contributed by atoms with Gasteiger partial charge in [-0.15, -0.1) is 0 Å². The van der Waals surface area contributed by atoms with Gasteiger partial charge in [0.05, 0.1) is 5.60 Å². The van der Waals surface area contributed by atoms with Gasteiger partial charge in [-0.25, -0.2) is 0 Å². The average Bonchev–Trinajstić information content (AvgIpc) is 2.64. The number of nitrogens with zero attached hydrogens (tertiary/aromatic N) is 1. The smallest absolute Gasteiger partial charge is 0.223 e. The second kappa shape index (κ2) is 7.70. The van der Waals surface area contributed by atoms with Crippen LogP contribution in [0.2, 0.25) is 0 Å². The van der Waals surface area contributed by atoms with Gasteiger partial charge in [0.2, 0.25) is 5.91 Å². The molecule has 1 heterocycles. The summed E-state index contributed by atoms with van der Waals surface area (Å²) in [5, 5.41) is 14.4. The van der Waals surface area contributed by atoms with Crippen LogP contribution < -0.4 is 10.1 Å². The molecule has 5 nitrogen and oxygen atoms in total. The fraction of sp³-hybridized carbons (Fsp3) is 0.565. The number of hydrogen-bond donors (Lipinski definition) is 2. The number of nitrogens with one attached hydrogen (secondary N) is 1. The van der Waals surface area contributed by atoms with E-state index < -0.39 is 5.60 Å². The Morgan fingerprint density at radius 2 is 1.86 bits per heavy atom. The highest BCUT2D eigenvalue weighted by Crippen LogP contribution is 2.35. The molecule has 1 amide bonds. The van der Waals surface area contributed by atoms with Crippen LogP contribution in [-0.4, -0.2) is 33.7 Å². The van der Waals surface area contributed by atoms with E-state index in [2.05, 4.69) is 10.3 Å². The van der Waals surface area contributed by atoms with Crippen molar-refractivity contribution >= 4 is 16.8 Å². The molecule has 0 atom stereocenters. The molecule has 2 aromatic rings. The Kier molecular flexibility index (Phi) is 5.28. The maximum Gasteiger partial charge on any atom is 0.223 e. The minimum absolute atomic E-state index is 0.0416. The summed E-state index contributed by atoms with van der Waals surface area (Å²) >= 11 is 0. The quantitative estimate of drug-likeness (QED) is 0.824. The molecule has 0 spiro atoms. The van der Waals surface area contributed by atoms with Crippen molar-refractivity contribution in [3.8, 4) is 5.75 Å². The van der Waals surface area contributed by atoms with E-state index in [4.69, 9.17) is 4.74 Å². The molecule has 2 aliphatic rings. The zero-order valence-corrected chi connectivity index (χ0v) is 16.7. The van der Waals surface area contributed by atoms with Crippen molar-refractivity contribution in [2.45, 2.75) is 70.1 Å². The SMILES string of the molecule is CC(C)(O)C1CCC(NC(=O)[C@H]2C[C@H](Oc3cccc4cccnc34)C2)CC1. The molecule has 2 N–H and O–H groups in total. The number of aromatic nitrogens is 1. The van der Waals surface area contributed by atoms with E-state index in [0.29, 0.717) is 5.92 Å². The second-order valence-electron chi connectivity index (χ2n) is 8.95. The van der Waals surface area contributed by atoms with Gasteiger partial charge in [-0.1, -0.05) is 18.2 Å². The van der Waals surface area contributed by atoms with Crippen LogP contribution in [0.5, 0.6) is 5.75 Å². The van der Waals surface area contributed by atoms with Crippen LogP contribution in [0.25, 0.3) is 10.9 Å². The number of amides is 1. The number of fused-ring (bicyclic) bond motifs is 1. The third-order valence-corrected chi connectivity index (χ3v) is 6.43. The molecule has 2 fully saturated rings. The van der Waals surface area contributed by atoms with Crippen molar-refractivity contribution in [1.82, 2.24) is 10.3 Å². The fourth-order valence-electron chi connectivity index (χ4n) is 4.49. The molecule has 0 unspecified atom stereocenters. The first-order chi connectivity index (χ1) is 13.4. The number of aliphatic hydroxyl groups is 1. The zero-order chi connectivity index (χ0) is 19.7. The third-order valence-electron chi connectivity index (χ3n) is 6.43. The highest BCUT2D eigenvalue weighted by atomic mass is 16.5. The van der Waals surface area contributed by atoms with Gasteiger partial charge in [0.1, 0.15) is 17.4 Å². The second-order valence-corrected chi connectivity index (χ2v) is 8.95. The first-order valence-electron chi connectivity index (χ1n) is 10.4. The van der Waals surface area contributed by atoms with Crippen molar-refractivity contribution in [2.24, 2.45) is 11.8 Å². The Morgan fingerprint density at radius 1 is 1.14 bits per heavy atom. The number of carbonyl (C=O) groups excluding carboxylic acids is 1. The van der Waals surface area contributed by atoms with Crippen molar-refractivity contribution in [2.75, 3.05) is 0 Å². The van der Waals surface area contributed by atoms with Crippen LogP contribution in [0.4, 0.5) is 0 Å². The summed E-state index contributed by atoms with van der Waals surface area (Å²) in [5.41, 5.74) is 0.255. The van der Waals surface area contributed by atoms with Crippen LogP contribution >= 0.6 is 0 Å². The van der Waals surface area contributed by atoms with Gasteiger partial charge in [0.15, 0.2) is 0 Å². The molecule has 1 aromatic heterocycles. The van der Waals surface area contributed by atoms with E-state index >= 15 is 0 Å². The van der Waals surface area contributed by atoms with E-state index in [1.165, 1.54) is 0 Å². The van der Waals surface area contributed by atoms with Crippen molar-refractivity contribution in [3.05, 3.63) is 36.5 Å². The number of rotatable bonds is 5. The summed E-state index contributed by atoms with van der Waals surface area (Å²) in [7, 11) is 0. The molecule has 0 aliphatic heterocycles. The summed E-state index contributed by atoms with van der Waals surface area (Å²) in [6, 6.07) is 10.1. The van der Waals surface area contributed by atoms with E-state index in [9.17, 15) is 9.90 Å². The first-order valence-corrected chi connectivity index (χ1v) is 10.4. The Morgan fingerprint density at radius 3 is 2.57 bits per heavy atom. The molecular weight excluding hydrogens is 352 g/mol. The Hall–Kier alpha value is -2.14. The van der Waals surface area contributed by atoms with E-state index in [1.807, 2.05) is 44.2 Å². The summed E-state index contributed by atoms with van der Waals surface area (Å²) in [6.45, 7) is 3.77. The predicted molar refractivity (Wildman–Crippen MR) is 109 cm³/mol. The molecule has 2 aliphatic carbocycles. The molecular formula is C23H30N2O3. The molecule has 0 saturated heterocycles. The maximum absolute atomic E-state index is 12.6. The third kappa shape index (κ3) is 4.14. The monoisotopic (exact) mass is 382 g/mol. The summed E-state index contributed by atoms with van der Waals surface area (Å²) < 4.78 is 6.12. The number of carbonyl (C=O) groups is 1. The Bertz CT molecular complexity index is 826. The van der Waals surface area contributed by atoms with Gasteiger partial charge in [-0.3, -0.25) is 9.78 Å². The highest BCUT2D eigenvalue weighted by Gasteiger charge is 2.38. The number of hydrogen-bond acceptors (Lipinski definition) is 4. The molecule has 2 saturated carbocycles. The molecule has 28 heavy (non-hydrogen) atoms. The standard InChI is InChI=1S/C23H30N2O3/c1-23(2,27)17-8-10-18(11-9-17)25-22(26)16-13-19(14-16)28-20-7-3-5-15-6-4-12-24-21(15)20/h3-7,12,16-19,27H,8-11,13-14H2,1-2H3,(H,25,26)/t16-,17?,18?,19-. The molecule has 1 aromatic carbocycles. The Balaban J connectivity index is 1.25. The van der Waals surface area contributed by atoms with Gasteiger partial charge in [-0.2, -0.15) is 0 Å². The van der Waals surface area contributed by atoms with Crippen LogP contribution in [0.15, 0.2) is 36.5 Å². The highest BCUT2D eigenvalue weighted by molar-refractivity contribution is 5.84. The van der Waals surface area contributed by atoms with Crippen LogP contribution in [-0.2, 0) is 4.79 Å².